The second kappa shape index (κ2) is 11.6. The van der Waals surface area contributed by atoms with Crippen LogP contribution in [0.1, 0.15) is 29.6 Å². The first-order valence-corrected chi connectivity index (χ1v) is 12.2. The monoisotopic (exact) mass is 496 g/mol. The average Bonchev–Trinajstić information content (AvgIpc) is 2.80. The first-order valence-electron chi connectivity index (χ1n) is 10.4. The number of carboxylic acid groups (broad SMARTS) is 1. The van der Waals surface area contributed by atoms with Gasteiger partial charge in [0.1, 0.15) is 0 Å². The van der Waals surface area contributed by atoms with Crippen LogP contribution in [-0.2, 0) is 24.3 Å². The molecule has 1 amide bonds. The van der Waals surface area contributed by atoms with Gasteiger partial charge in [-0.25, -0.2) is 17.9 Å². The fourth-order valence-electron chi connectivity index (χ4n) is 3.14. The van der Waals surface area contributed by atoms with Gasteiger partial charge in [0.2, 0.25) is 15.9 Å². The van der Waals surface area contributed by atoms with Crippen LogP contribution in [0, 0.1) is 5.92 Å². The van der Waals surface area contributed by atoms with Gasteiger partial charge in [-0.2, -0.15) is 0 Å². The Bertz CT molecular complexity index is 1050. The van der Waals surface area contributed by atoms with Crippen molar-refractivity contribution in [2.45, 2.75) is 30.4 Å². The van der Waals surface area contributed by atoms with Crippen LogP contribution in [0.4, 0.5) is 5.69 Å². The largest absolute Gasteiger partial charge is 0.478 e. The predicted octanol–water partition coefficient (Wildman–Crippen LogP) is 3.11. The van der Waals surface area contributed by atoms with Crippen molar-refractivity contribution in [3.8, 4) is 0 Å². The lowest BCUT2D eigenvalue weighted by molar-refractivity contribution is -0.170. The van der Waals surface area contributed by atoms with Crippen molar-refractivity contribution in [3.05, 3.63) is 59.1 Å². The van der Waals surface area contributed by atoms with Crippen molar-refractivity contribution >= 4 is 39.2 Å². The summed E-state index contributed by atoms with van der Waals surface area (Å²) in [5.74, 6) is -2.42. The molecule has 1 aliphatic rings. The van der Waals surface area contributed by atoms with Crippen LogP contribution in [0.3, 0.4) is 0 Å². The Morgan fingerprint density at radius 2 is 1.82 bits per heavy atom. The molecule has 3 N–H and O–H groups in total. The number of sulfonamides is 1. The van der Waals surface area contributed by atoms with Gasteiger partial charge in [-0.05, 0) is 67.8 Å². The van der Waals surface area contributed by atoms with Gasteiger partial charge in [-0.15, -0.1) is 0 Å². The number of rotatable bonds is 10. The van der Waals surface area contributed by atoms with E-state index in [1.807, 2.05) is 0 Å². The summed E-state index contributed by atoms with van der Waals surface area (Å²) in [5, 5.41) is 12.1. The molecule has 33 heavy (non-hydrogen) atoms. The molecule has 2 aromatic rings. The number of carbonyl (C=O) groups excluding carboxylic acids is 1. The number of hydrogen-bond donors (Lipinski definition) is 3. The Kier molecular flexibility index (Phi) is 8.81. The summed E-state index contributed by atoms with van der Waals surface area (Å²) >= 11 is 5.82. The summed E-state index contributed by atoms with van der Waals surface area (Å²) in [5.41, 5.74) is 0.461. The Hall–Kier alpha value is -2.50. The highest BCUT2D eigenvalue weighted by Crippen LogP contribution is 2.18. The summed E-state index contributed by atoms with van der Waals surface area (Å²) in [7, 11) is -3.88. The van der Waals surface area contributed by atoms with Crippen LogP contribution in [0.15, 0.2) is 53.4 Å². The molecule has 0 bridgehead atoms. The molecule has 11 heteroatoms. The van der Waals surface area contributed by atoms with Crippen molar-refractivity contribution in [3.63, 3.8) is 0 Å². The van der Waals surface area contributed by atoms with Crippen LogP contribution >= 0.6 is 11.6 Å². The van der Waals surface area contributed by atoms with Crippen LogP contribution in [0.5, 0.6) is 0 Å². The number of amides is 1. The Balaban J connectivity index is 1.68. The summed E-state index contributed by atoms with van der Waals surface area (Å²) in [6.07, 6.45) is 2.14. The summed E-state index contributed by atoms with van der Waals surface area (Å²) < 4.78 is 39.0. The minimum absolute atomic E-state index is 0.0202. The highest BCUT2D eigenvalue weighted by Gasteiger charge is 2.25. The van der Waals surface area contributed by atoms with E-state index >= 15 is 0 Å². The van der Waals surface area contributed by atoms with Crippen LogP contribution in [0.2, 0.25) is 5.02 Å². The number of hydrogen-bond acceptors (Lipinski definition) is 6. The Labute approximate surface area is 197 Å². The number of carbonyl (C=O) groups is 2. The average molecular weight is 497 g/mol. The minimum atomic E-state index is -3.88. The normalized spacial score (nSPS) is 17.3. The Morgan fingerprint density at radius 1 is 1.12 bits per heavy atom. The molecule has 1 heterocycles. The molecular weight excluding hydrogens is 472 g/mol. The maximum atomic E-state index is 12.9. The maximum Gasteiger partial charge on any atom is 0.335 e. The quantitative estimate of drug-likeness (QED) is 0.460. The van der Waals surface area contributed by atoms with Crippen molar-refractivity contribution in [1.82, 2.24) is 4.72 Å². The van der Waals surface area contributed by atoms with Crippen molar-refractivity contribution in [2.24, 2.45) is 5.92 Å². The number of nitrogens with one attached hydrogen (secondary N) is 2. The molecule has 0 spiro atoms. The highest BCUT2D eigenvalue weighted by atomic mass is 35.5. The number of halogens is 1. The lowest BCUT2D eigenvalue weighted by Crippen LogP contribution is -2.39. The fourth-order valence-corrected chi connectivity index (χ4v) is 4.35. The molecule has 178 valence electrons. The number of benzene rings is 2. The van der Waals surface area contributed by atoms with Gasteiger partial charge in [0.05, 0.1) is 23.0 Å². The summed E-state index contributed by atoms with van der Waals surface area (Å²) in [4.78, 5) is 23.9. The SMILES string of the molecule is O=C(O)c1ccc(NC(=O)C(CNS(=O)(=O)c2ccc(Cl)cc2)COC2CCCCO2)cc1. The van der Waals surface area contributed by atoms with Crippen molar-refractivity contribution < 1.29 is 32.6 Å². The second-order valence-electron chi connectivity index (χ2n) is 7.50. The zero-order valence-electron chi connectivity index (χ0n) is 17.7. The van der Waals surface area contributed by atoms with E-state index < -0.39 is 34.1 Å². The first kappa shape index (κ1) is 25.1. The molecule has 2 atom stereocenters. The van der Waals surface area contributed by atoms with Gasteiger partial charge in [0.15, 0.2) is 6.29 Å². The van der Waals surface area contributed by atoms with Crippen LogP contribution < -0.4 is 10.0 Å². The fraction of sp³-hybridized carbons (Fsp3) is 0.364. The number of aromatic carboxylic acids is 1. The third kappa shape index (κ3) is 7.51. The van der Waals surface area contributed by atoms with Gasteiger partial charge < -0.3 is 19.9 Å². The second-order valence-corrected chi connectivity index (χ2v) is 9.71. The smallest absolute Gasteiger partial charge is 0.335 e. The van der Waals surface area contributed by atoms with E-state index in [-0.39, 0.29) is 23.6 Å². The summed E-state index contributed by atoms with van der Waals surface area (Å²) in [6, 6.07) is 11.3. The molecule has 3 rings (SSSR count). The summed E-state index contributed by atoms with van der Waals surface area (Å²) in [6.45, 7) is 0.296. The zero-order valence-corrected chi connectivity index (χ0v) is 19.3. The molecular formula is C22H25ClN2O7S. The zero-order chi connectivity index (χ0) is 23.8. The third-order valence-corrected chi connectivity index (χ3v) is 6.73. The van der Waals surface area contributed by atoms with E-state index in [0.717, 1.165) is 12.8 Å². The van der Waals surface area contributed by atoms with E-state index in [4.69, 9.17) is 26.2 Å². The molecule has 1 fully saturated rings. The van der Waals surface area contributed by atoms with E-state index in [1.54, 1.807) is 0 Å². The topological polar surface area (TPSA) is 131 Å². The maximum absolute atomic E-state index is 12.9. The Morgan fingerprint density at radius 3 is 2.42 bits per heavy atom. The van der Waals surface area contributed by atoms with E-state index in [9.17, 15) is 18.0 Å². The molecule has 1 aliphatic heterocycles. The molecule has 2 aromatic carbocycles. The molecule has 0 aromatic heterocycles. The lowest BCUT2D eigenvalue weighted by Gasteiger charge is -2.25. The van der Waals surface area contributed by atoms with Gasteiger partial charge >= 0.3 is 5.97 Å². The lowest BCUT2D eigenvalue weighted by atomic mass is 10.1. The number of carboxylic acids is 1. The molecule has 2 unspecified atom stereocenters. The van der Waals surface area contributed by atoms with E-state index in [0.29, 0.717) is 23.7 Å². The molecule has 1 saturated heterocycles. The third-order valence-electron chi connectivity index (χ3n) is 5.04. The predicted molar refractivity (Wildman–Crippen MR) is 122 cm³/mol. The van der Waals surface area contributed by atoms with Crippen molar-refractivity contribution in [1.29, 1.82) is 0 Å². The molecule has 9 nitrogen and oxygen atoms in total. The number of ether oxygens (including phenoxy) is 2. The standard InChI is InChI=1S/C22H25ClN2O7S/c23-17-6-10-19(11-7-17)33(29,30)24-13-16(14-32-20-3-1-2-12-31-20)21(26)25-18-8-4-15(5-9-18)22(27)28/h4-11,16,20,24H,1-3,12-14H2,(H,25,26)(H,27,28). The van der Waals surface area contributed by atoms with Gasteiger partial charge in [-0.1, -0.05) is 11.6 Å². The molecule has 0 aliphatic carbocycles. The van der Waals surface area contributed by atoms with Crippen LogP contribution in [0.25, 0.3) is 0 Å². The van der Waals surface area contributed by atoms with E-state index in [2.05, 4.69) is 10.0 Å². The van der Waals surface area contributed by atoms with E-state index in [1.165, 1.54) is 48.5 Å². The van der Waals surface area contributed by atoms with Gasteiger partial charge in [0, 0.05) is 23.9 Å². The molecule has 0 radical (unpaired) electrons. The molecule has 0 saturated carbocycles. The van der Waals surface area contributed by atoms with Gasteiger partial charge in [-0.3, -0.25) is 4.79 Å². The van der Waals surface area contributed by atoms with Crippen LogP contribution in [-0.4, -0.2) is 51.4 Å². The van der Waals surface area contributed by atoms with Crippen molar-refractivity contribution in [2.75, 3.05) is 25.1 Å². The first-order chi connectivity index (χ1) is 15.7. The number of anilines is 1. The highest BCUT2D eigenvalue weighted by molar-refractivity contribution is 7.89. The van der Waals surface area contributed by atoms with Gasteiger partial charge in [0.25, 0.3) is 0 Å². The minimum Gasteiger partial charge on any atom is -0.478 e.